The van der Waals surface area contributed by atoms with Crippen LogP contribution in [0.4, 0.5) is 26.3 Å². The molecule has 0 aliphatic heterocycles. The summed E-state index contributed by atoms with van der Waals surface area (Å²) in [6.07, 6.45) is -11.7. The van der Waals surface area contributed by atoms with Crippen molar-refractivity contribution in [2.24, 2.45) is 11.7 Å². The van der Waals surface area contributed by atoms with Crippen molar-refractivity contribution in [3.8, 4) is 0 Å². The maximum atomic E-state index is 12.5. The van der Waals surface area contributed by atoms with Crippen molar-refractivity contribution in [1.82, 2.24) is 0 Å². The summed E-state index contributed by atoms with van der Waals surface area (Å²) in [5, 5.41) is -0.0698. The van der Waals surface area contributed by atoms with Gasteiger partial charge in [-0.3, -0.25) is 0 Å². The van der Waals surface area contributed by atoms with E-state index in [1.807, 2.05) is 0 Å². The largest absolute Gasteiger partial charge is 0.402 e. The highest BCUT2D eigenvalue weighted by Gasteiger charge is 2.59. The third-order valence-corrected chi connectivity index (χ3v) is 3.48. The number of hydrogen-bond acceptors (Lipinski definition) is 1. The molecule has 0 amide bonds. The molecule has 1 rings (SSSR count). The van der Waals surface area contributed by atoms with E-state index < -0.39 is 30.7 Å². The van der Waals surface area contributed by atoms with Crippen LogP contribution in [0.15, 0.2) is 18.2 Å². The topological polar surface area (TPSA) is 26.0 Å². The summed E-state index contributed by atoms with van der Waals surface area (Å²) in [5.41, 5.74) is 5.13. The first-order valence-electron chi connectivity index (χ1n) is 5.26. The molecule has 0 fully saturated rings. The molecule has 0 aliphatic carbocycles. The van der Waals surface area contributed by atoms with Crippen LogP contribution >= 0.6 is 23.2 Å². The molecule has 0 aliphatic rings. The summed E-state index contributed by atoms with van der Waals surface area (Å²) in [4.78, 5) is 0. The van der Waals surface area contributed by atoms with Gasteiger partial charge in [0.2, 0.25) is 0 Å². The minimum Gasteiger partial charge on any atom is -0.327 e. The zero-order chi connectivity index (χ0) is 15.7. The lowest BCUT2D eigenvalue weighted by Gasteiger charge is -2.28. The van der Waals surface area contributed by atoms with E-state index in [4.69, 9.17) is 28.9 Å². The van der Waals surface area contributed by atoms with Crippen molar-refractivity contribution in [2.75, 3.05) is 0 Å². The third-order valence-electron chi connectivity index (χ3n) is 2.62. The Hall–Kier alpha value is -0.660. The van der Waals surface area contributed by atoms with Crippen LogP contribution < -0.4 is 5.73 Å². The number of nitrogens with two attached hydrogens (primary N) is 1. The van der Waals surface area contributed by atoms with E-state index in [0.717, 1.165) is 0 Å². The molecule has 0 radical (unpaired) electrons. The lowest BCUT2D eigenvalue weighted by molar-refractivity contribution is -0.289. The number of halogens is 8. The molecule has 0 bridgehead atoms. The van der Waals surface area contributed by atoms with Gasteiger partial charge in [-0.1, -0.05) is 35.3 Å². The second-order valence-electron chi connectivity index (χ2n) is 4.14. The van der Waals surface area contributed by atoms with Crippen LogP contribution in [0.1, 0.15) is 5.56 Å². The van der Waals surface area contributed by atoms with Crippen LogP contribution in [0.3, 0.4) is 0 Å². The molecule has 1 aromatic carbocycles. The van der Waals surface area contributed by atoms with Crippen molar-refractivity contribution in [3.05, 3.63) is 33.8 Å². The van der Waals surface area contributed by atoms with Gasteiger partial charge in [0.15, 0.2) is 5.92 Å². The summed E-state index contributed by atoms with van der Waals surface area (Å²) in [6.45, 7) is 0. The molecule has 1 nitrogen and oxygen atoms in total. The van der Waals surface area contributed by atoms with Crippen LogP contribution in [0.2, 0.25) is 10.0 Å². The maximum absolute atomic E-state index is 12.5. The van der Waals surface area contributed by atoms with Crippen LogP contribution in [0.5, 0.6) is 0 Å². The zero-order valence-corrected chi connectivity index (χ0v) is 11.2. The molecule has 1 aromatic rings. The lowest BCUT2D eigenvalue weighted by atomic mass is 9.93. The van der Waals surface area contributed by atoms with E-state index in [2.05, 4.69) is 0 Å². The fourth-order valence-corrected chi connectivity index (χ4v) is 2.15. The van der Waals surface area contributed by atoms with Gasteiger partial charge < -0.3 is 5.73 Å². The molecule has 0 saturated carbocycles. The van der Waals surface area contributed by atoms with Gasteiger partial charge >= 0.3 is 12.4 Å². The summed E-state index contributed by atoms with van der Waals surface area (Å²) in [6, 6.07) is 1.81. The average Bonchev–Trinajstić information content (AvgIpc) is 2.20. The fourth-order valence-electron chi connectivity index (χ4n) is 1.75. The molecule has 1 unspecified atom stereocenters. The number of benzene rings is 1. The zero-order valence-electron chi connectivity index (χ0n) is 9.69. The molecule has 0 spiro atoms. The van der Waals surface area contributed by atoms with E-state index in [9.17, 15) is 26.3 Å². The molecule has 9 heteroatoms. The Labute approximate surface area is 120 Å². The molecular formula is C11H9Cl2F6N. The highest BCUT2D eigenvalue weighted by molar-refractivity contribution is 6.42. The molecule has 2 N–H and O–H groups in total. The standard InChI is InChI=1S/C11H9Cl2F6N/c12-6-3-1-2-5(8(6)13)4-7(20)9(10(14,15)16)11(17,18)19/h1-3,7,9H,4,20H2. The molecule has 0 heterocycles. The van der Waals surface area contributed by atoms with E-state index >= 15 is 0 Å². The monoisotopic (exact) mass is 339 g/mol. The number of hydrogen-bond donors (Lipinski definition) is 1. The Kier molecular flexibility index (Phi) is 5.21. The van der Waals surface area contributed by atoms with Gasteiger partial charge in [0.1, 0.15) is 0 Å². The lowest BCUT2D eigenvalue weighted by Crippen LogP contribution is -2.49. The van der Waals surface area contributed by atoms with Gasteiger partial charge in [0.25, 0.3) is 0 Å². The Morgan fingerprint density at radius 1 is 1.00 bits per heavy atom. The Morgan fingerprint density at radius 3 is 1.95 bits per heavy atom. The van der Waals surface area contributed by atoms with Crippen LogP contribution in [0, 0.1) is 5.92 Å². The average molecular weight is 340 g/mol. The van der Waals surface area contributed by atoms with Crippen LogP contribution in [-0.4, -0.2) is 18.4 Å². The first kappa shape index (κ1) is 17.4. The Bertz CT molecular complexity index is 457. The van der Waals surface area contributed by atoms with Crippen molar-refractivity contribution in [2.45, 2.75) is 24.8 Å². The van der Waals surface area contributed by atoms with Gasteiger partial charge in [-0.15, -0.1) is 0 Å². The van der Waals surface area contributed by atoms with E-state index in [-0.39, 0.29) is 15.6 Å². The highest BCUT2D eigenvalue weighted by Crippen LogP contribution is 2.42. The smallest absolute Gasteiger partial charge is 0.327 e. The van der Waals surface area contributed by atoms with Crippen molar-refractivity contribution < 1.29 is 26.3 Å². The van der Waals surface area contributed by atoms with Crippen LogP contribution in [0.25, 0.3) is 0 Å². The molecule has 0 saturated heterocycles. The van der Waals surface area contributed by atoms with E-state index in [0.29, 0.717) is 0 Å². The van der Waals surface area contributed by atoms with Crippen LogP contribution in [-0.2, 0) is 6.42 Å². The quantitative estimate of drug-likeness (QED) is 0.800. The second-order valence-corrected chi connectivity index (χ2v) is 4.93. The van der Waals surface area contributed by atoms with Crippen molar-refractivity contribution in [3.63, 3.8) is 0 Å². The Balaban J connectivity index is 3.04. The SMILES string of the molecule is NC(Cc1cccc(Cl)c1Cl)C(C(F)(F)F)C(F)(F)F. The number of rotatable bonds is 3. The van der Waals surface area contributed by atoms with Crippen molar-refractivity contribution >= 4 is 23.2 Å². The minimum atomic E-state index is -5.48. The second kappa shape index (κ2) is 5.99. The summed E-state index contributed by atoms with van der Waals surface area (Å²) < 4.78 is 74.9. The normalized spacial score (nSPS) is 14.7. The van der Waals surface area contributed by atoms with Gasteiger partial charge in [-0.05, 0) is 18.1 Å². The Morgan fingerprint density at radius 2 is 1.50 bits per heavy atom. The molecule has 0 aromatic heterocycles. The molecule has 20 heavy (non-hydrogen) atoms. The van der Waals surface area contributed by atoms with Gasteiger partial charge in [0, 0.05) is 6.04 Å². The third kappa shape index (κ3) is 4.17. The predicted molar refractivity (Wildman–Crippen MR) is 63.7 cm³/mol. The summed E-state index contributed by atoms with van der Waals surface area (Å²) in [5.74, 6) is -3.62. The highest BCUT2D eigenvalue weighted by atomic mass is 35.5. The first-order chi connectivity index (χ1) is 8.94. The van der Waals surface area contributed by atoms with Gasteiger partial charge in [-0.2, -0.15) is 26.3 Å². The molecule has 114 valence electrons. The van der Waals surface area contributed by atoms with Gasteiger partial charge in [0.05, 0.1) is 10.0 Å². The van der Waals surface area contributed by atoms with Gasteiger partial charge in [-0.25, -0.2) is 0 Å². The fraction of sp³-hybridized carbons (Fsp3) is 0.455. The number of alkyl halides is 6. The maximum Gasteiger partial charge on any atom is 0.402 e. The predicted octanol–water partition coefficient (Wildman–Crippen LogP) is 4.60. The molecular weight excluding hydrogens is 331 g/mol. The summed E-state index contributed by atoms with van der Waals surface area (Å²) >= 11 is 11.4. The summed E-state index contributed by atoms with van der Waals surface area (Å²) in [7, 11) is 0. The minimum absolute atomic E-state index is 0.0326. The van der Waals surface area contributed by atoms with E-state index in [1.165, 1.54) is 18.2 Å². The first-order valence-corrected chi connectivity index (χ1v) is 6.02. The molecule has 1 atom stereocenters. The van der Waals surface area contributed by atoms with Crippen molar-refractivity contribution in [1.29, 1.82) is 0 Å². The van der Waals surface area contributed by atoms with E-state index in [1.54, 1.807) is 0 Å².